The average molecular weight is 1370 g/mol. The van der Waals surface area contributed by atoms with E-state index in [4.69, 9.17) is 22.7 Å². The van der Waals surface area contributed by atoms with E-state index in [0.29, 0.717) is 50.5 Å². The van der Waals surface area contributed by atoms with Crippen molar-refractivity contribution in [1.82, 2.24) is 0 Å². The molecule has 0 unspecified atom stereocenters. The Kier molecular flexibility index (Phi) is 28.8. The van der Waals surface area contributed by atoms with Crippen LogP contribution >= 0.6 is 0 Å². The van der Waals surface area contributed by atoms with Crippen LogP contribution in [0.4, 0.5) is 0 Å². The molecule has 0 atom stereocenters. The van der Waals surface area contributed by atoms with Gasteiger partial charge in [0.2, 0.25) is 0 Å². The molecule has 13 heteroatoms. The monoisotopic (exact) mass is 1370 g/mol. The normalized spacial score (nSPS) is 12.6. The van der Waals surface area contributed by atoms with Crippen LogP contribution in [0.5, 0.6) is 23.0 Å². The standard InChI is InChI=1S/C40H59O8.C17H28O.C16H26O2.O.W/c1-36(2,3)28-18-26(19-29(34(28)44)37(4,5)6)14-16-32(42)47-23-40(13,22-46-25-41)24-48-33(43)17-15-27-20-30(38(7,8)9)35(45)31(21-27)39(10,11)12;1-8-9-12-10-13(16(2,3)4)15(18)14(11-12)17(5,6)7;1-15(2,3)12-9-11(7-8-17)10-13(14(12)18)16(4,5)6;;/h18-21,25,44-45H,13-17,22-24H2,1-12H3;10-11,18H,8-9H2,1-7H3;9-10,17-18H,7-8H2,1-6H3;;/q-1;;;;. The molecule has 0 amide bonds. The second-order valence-corrected chi connectivity index (χ2v) is 31.6. The molecule has 4 aromatic rings. The average Bonchev–Trinajstić information content (AvgIpc) is 2.56. The minimum absolute atomic E-state index is 0.0200. The molecule has 0 radical (unpaired) electrons. The second kappa shape index (κ2) is 31.4. The number of esters is 2. The number of hydrogen-bond acceptors (Lipinski definition) is 12. The van der Waals surface area contributed by atoms with Crippen LogP contribution in [-0.4, -0.2) is 70.4 Å². The van der Waals surface area contributed by atoms with Crippen molar-refractivity contribution in [1.29, 1.82) is 0 Å². The van der Waals surface area contributed by atoms with Gasteiger partial charge in [-0.15, -0.1) is 0 Å². The summed E-state index contributed by atoms with van der Waals surface area (Å²) in [5.41, 5.74) is 8.96. The minimum atomic E-state index is -1.19. The summed E-state index contributed by atoms with van der Waals surface area (Å²) < 4.78 is 24.4. The zero-order valence-electron chi connectivity index (χ0n) is 57.7. The first-order valence-electron chi connectivity index (χ1n) is 30.4. The molecule has 0 heterocycles. The number of phenolic OH excluding ortho intramolecular Hbond substituents is 4. The van der Waals surface area contributed by atoms with E-state index in [9.17, 15) is 34.8 Å². The van der Waals surface area contributed by atoms with Crippen LogP contribution in [0.3, 0.4) is 0 Å². The van der Waals surface area contributed by atoms with Gasteiger partial charge in [0.05, 0.1) is 19.8 Å². The van der Waals surface area contributed by atoms with Gasteiger partial charge in [0, 0.05) is 19.4 Å². The zero-order chi connectivity index (χ0) is 67.2. The van der Waals surface area contributed by atoms with Gasteiger partial charge >= 0.3 is 35.1 Å². The molecule has 0 aromatic heterocycles. The molecule has 86 heavy (non-hydrogen) atoms. The number of aliphatic hydroxyl groups is 1. The van der Waals surface area contributed by atoms with Gasteiger partial charge < -0.3 is 46.7 Å². The third kappa shape index (κ3) is 24.5. The van der Waals surface area contributed by atoms with Crippen LogP contribution in [0.25, 0.3) is 0 Å². The summed E-state index contributed by atoms with van der Waals surface area (Å²) in [4.78, 5) is 36.7. The maximum atomic E-state index is 12.8. The van der Waals surface area contributed by atoms with Crippen molar-refractivity contribution >= 4 is 18.4 Å². The maximum absolute atomic E-state index is 12.8. The van der Waals surface area contributed by atoms with Gasteiger partial charge in [0.25, 0.3) is 6.47 Å². The van der Waals surface area contributed by atoms with E-state index in [0.717, 1.165) is 74.0 Å². The Bertz CT molecular complexity index is 2530. The summed E-state index contributed by atoms with van der Waals surface area (Å²) in [6.45, 7) is 56.0. The molecular formula is C73H113O12W-. The van der Waals surface area contributed by atoms with Gasteiger partial charge in [0.15, 0.2) is 0 Å². The van der Waals surface area contributed by atoms with Gasteiger partial charge in [-0.2, -0.15) is 0 Å². The summed E-state index contributed by atoms with van der Waals surface area (Å²) in [6.07, 6.45) is 3.82. The van der Waals surface area contributed by atoms with Gasteiger partial charge in [-0.3, -0.25) is 14.4 Å². The van der Waals surface area contributed by atoms with E-state index < -0.39 is 17.4 Å². The number of aliphatic hydroxyl groups excluding tert-OH is 1. The van der Waals surface area contributed by atoms with E-state index in [-0.39, 0.29) is 101 Å². The third-order valence-electron chi connectivity index (χ3n) is 14.9. The number of phenols is 4. The van der Waals surface area contributed by atoms with E-state index in [1.54, 1.807) is 0 Å². The van der Waals surface area contributed by atoms with Gasteiger partial charge in [0.1, 0.15) is 23.0 Å². The van der Waals surface area contributed by atoms with Crippen molar-refractivity contribution in [3.05, 3.63) is 122 Å². The van der Waals surface area contributed by atoms with E-state index in [1.807, 2.05) is 119 Å². The van der Waals surface area contributed by atoms with Gasteiger partial charge in [-0.25, -0.2) is 0 Å². The number of aryl methyl sites for hydroxylation is 3. The van der Waals surface area contributed by atoms with Crippen molar-refractivity contribution in [3.63, 3.8) is 0 Å². The quantitative estimate of drug-likeness (QED) is 0.0291. The molecule has 0 aliphatic carbocycles. The molecule has 0 fully saturated rings. The van der Waals surface area contributed by atoms with Crippen molar-refractivity contribution in [2.45, 2.75) is 261 Å². The number of ether oxygens (including phenoxy) is 3. The van der Waals surface area contributed by atoms with Crippen LogP contribution in [0.15, 0.2) is 48.5 Å². The molecule has 0 bridgehead atoms. The first-order valence-corrected chi connectivity index (χ1v) is 31.6. The Morgan fingerprint density at radius 2 is 0.616 bits per heavy atom. The summed E-state index contributed by atoms with van der Waals surface area (Å²) in [6, 6.07) is 16.1. The Morgan fingerprint density at radius 3 is 0.802 bits per heavy atom. The number of carbonyl (C=O) groups is 3. The number of rotatable bonds is 17. The fourth-order valence-electron chi connectivity index (χ4n) is 9.79. The van der Waals surface area contributed by atoms with Crippen molar-refractivity contribution < 1.29 is 77.3 Å². The summed E-state index contributed by atoms with van der Waals surface area (Å²) in [7, 11) is 0. The number of carbonyl (C=O) groups excluding carboxylic acids is 3. The molecule has 0 aliphatic heterocycles. The van der Waals surface area contributed by atoms with E-state index in [1.165, 1.54) is 5.56 Å². The number of hydrogen-bond donors (Lipinski definition) is 5. The topological polar surface area (TPSA) is 197 Å². The molecule has 0 spiro atoms. The van der Waals surface area contributed by atoms with Gasteiger partial charge in [-0.05, 0) is 136 Å². The van der Waals surface area contributed by atoms with Crippen molar-refractivity contribution in [2.75, 3.05) is 26.4 Å². The van der Waals surface area contributed by atoms with Crippen LogP contribution in [-0.2, 0) is 121 Å². The first-order chi connectivity index (χ1) is 38.9. The first kappa shape index (κ1) is 79.0. The number of aromatic hydroxyl groups is 4. The molecule has 484 valence electrons. The Morgan fingerprint density at radius 1 is 0.407 bits per heavy atom. The molecular weight excluding hydrogens is 1250 g/mol. The predicted molar refractivity (Wildman–Crippen MR) is 346 cm³/mol. The Hall–Kier alpha value is -5.06. The molecule has 0 aliphatic rings. The van der Waals surface area contributed by atoms with Crippen molar-refractivity contribution in [3.8, 4) is 23.0 Å². The predicted octanol–water partition coefficient (Wildman–Crippen LogP) is 16.3. The molecule has 5 N–H and O–H groups in total. The summed E-state index contributed by atoms with van der Waals surface area (Å²) in [5.74, 6) is 0.492. The van der Waals surface area contributed by atoms with Crippen LogP contribution in [0.2, 0.25) is 0 Å². The molecule has 12 nitrogen and oxygen atoms in total. The molecule has 4 aromatic carbocycles. The molecule has 4 rings (SSSR count). The van der Waals surface area contributed by atoms with Gasteiger partial charge in [-0.1, -0.05) is 233 Å². The zero-order valence-corrected chi connectivity index (χ0v) is 60.6. The Balaban J connectivity index is 0.000000787. The Labute approximate surface area is 531 Å². The number of benzene rings is 4. The van der Waals surface area contributed by atoms with Crippen LogP contribution in [0, 0.1) is 12.3 Å². The van der Waals surface area contributed by atoms with E-state index in [2.05, 4.69) is 109 Å². The van der Waals surface area contributed by atoms with Crippen LogP contribution in [0.1, 0.15) is 259 Å². The molecule has 0 saturated heterocycles. The summed E-state index contributed by atoms with van der Waals surface area (Å²) >= 11 is 0.333. The molecule has 0 saturated carbocycles. The van der Waals surface area contributed by atoms with Crippen molar-refractivity contribution in [2.24, 2.45) is 5.41 Å². The van der Waals surface area contributed by atoms with E-state index >= 15 is 0 Å². The fourth-order valence-corrected chi connectivity index (χ4v) is 9.79. The second-order valence-electron chi connectivity index (χ2n) is 31.6. The third-order valence-corrected chi connectivity index (χ3v) is 14.9. The fraction of sp³-hybridized carbons (Fsp3) is 0.616. The van der Waals surface area contributed by atoms with Crippen LogP contribution < -0.4 is 0 Å². The summed E-state index contributed by atoms with van der Waals surface area (Å²) in [5, 5.41) is 52.2. The SMILES string of the molecule is CC(C)(C)c1cc(CCO)cc(C(C)(C)C)c1O.CCCc1cc(C(C)(C)C)c(O)c(C(C)(C)C)c1.[CH2-]C(COC=O)(COC(=O)CCc1cc(C(C)(C)C)c(O)c(C(C)(C)C)c1)COC(=O)CCc1cc(C(C)(C)C)c(O)c(C(C)(C)C)c1.[O]=[W].